The fraction of sp³-hybridized carbons (Fsp3) is 0.214. The second-order valence-corrected chi connectivity index (χ2v) is 5.73. The van der Waals surface area contributed by atoms with E-state index in [0.717, 1.165) is 11.1 Å². The second kappa shape index (κ2) is 5.17. The van der Waals surface area contributed by atoms with E-state index in [9.17, 15) is 10.1 Å². The van der Waals surface area contributed by atoms with Gasteiger partial charge in [0.05, 0.1) is 0 Å². The highest BCUT2D eigenvalue weighted by molar-refractivity contribution is 7.15. The Kier molecular flexibility index (Phi) is 3.34. The van der Waals surface area contributed by atoms with Crippen molar-refractivity contribution in [1.82, 2.24) is 9.38 Å². The first-order chi connectivity index (χ1) is 10.1. The van der Waals surface area contributed by atoms with Gasteiger partial charge in [-0.1, -0.05) is 35.6 Å². The average Bonchev–Trinajstić information content (AvgIpc) is 3.00. The number of imidazole rings is 1. The van der Waals surface area contributed by atoms with Crippen LogP contribution in [0.5, 0.6) is 0 Å². The summed E-state index contributed by atoms with van der Waals surface area (Å²) in [6.45, 7) is 2.61. The smallest absolute Gasteiger partial charge is 0.358 e. The zero-order valence-electron chi connectivity index (χ0n) is 11.7. The first-order valence-electron chi connectivity index (χ1n) is 6.43. The highest BCUT2D eigenvalue weighted by atomic mass is 32.1. The van der Waals surface area contributed by atoms with Gasteiger partial charge in [-0.05, 0) is 23.0 Å². The summed E-state index contributed by atoms with van der Waals surface area (Å²) in [5.74, 6) is 0.414. The van der Waals surface area contributed by atoms with Crippen LogP contribution in [-0.2, 0) is 6.54 Å². The lowest BCUT2D eigenvalue weighted by Gasteiger charge is -2.17. The highest BCUT2D eigenvalue weighted by Gasteiger charge is 2.26. The Labute approximate surface area is 125 Å². The molecule has 0 aliphatic heterocycles. The first-order valence-corrected chi connectivity index (χ1v) is 7.31. The van der Waals surface area contributed by atoms with Crippen LogP contribution < -0.4 is 4.90 Å². The van der Waals surface area contributed by atoms with Gasteiger partial charge in [-0.2, -0.15) is 9.38 Å². The number of fused-ring (bicyclic) bond motifs is 1. The van der Waals surface area contributed by atoms with Crippen molar-refractivity contribution < 1.29 is 4.92 Å². The minimum Gasteiger partial charge on any atom is -0.358 e. The van der Waals surface area contributed by atoms with Crippen LogP contribution in [0.3, 0.4) is 0 Å². The van der Waals surface area contributed by atoms with Gasteiger partial charge in [0.1, 0.15) is 6.20 Å². The van der Waals surface area contributed by atoms with E-state index >= 15 is 0 Å². The van der Waals surface area contributed by atoms with Crippen molar-refractivity contribution in [2.75, 3.05) is 11.9 Å². The molecule has 0 N–H and O–H groups in total. The van der Waals surface area contributed by atoms with Crippen LogP contribution in [0.2, 0.25) is 0 Å². The highest BCUT2D eigenvalue weighted by Crippen LogP contribution is 2.31. The molecule has 0 saturated carbocycles. The van der Waals surface area contributed by atoms with Crippen molar-refractivity contribution in [3.63, 3.8) is 0 Å². The normalized spacial score (nSPS) is 11.0. The maximum absolute atomic E-state index is 11.3. The third-order valence-electron chi connectivity index (χ3n) is 3.42. The van der Waals surface area contributed by atoms with E-state index in [1.165, 1.54) is 15.7 Å². The van der Waals surface area contributed by atoms with E-state index in [0.29, 0.717) is 17.3 Å². The van der Waals surface area contributed by atoms with Crippen molar-refractivity contribution in [3.05, 3.63) is 57.1 Å². The van der Waals surface area contributed by atoms with Gasteiger partial charge in [0.15, 0.2) is 0 Å². The number of thiazole rings is 1. The van der Waals surface area contributed by atoms with Gasteiger partial charge >= 0.3 is 5.82 Å². The Morgan fingerprint density at radius 2 is 2.19 bits per heavy atom. The number of rotatable bonds is 4. The van der Waals surface area contributed by atoms with Crippen LogP contribution in [0.15, 0.2) is 35.8 Å². The summed E-state index contributed by atoms with van der Waals surface area (Å²) < 4.78 is 1.52. The van der Waals surface area contributed by atoms with Crippen LogP contribution in [0.4, 0.5) is 11.6 Å². The number of benzene rings is 1. The van der Waals surface area contributed by atoms with E-state index in [1.807, 2.05) is 43.1 Å². The zero-order chi connectivity index (χ0) is 15.0. The van der Waals surface area contributed by atoms with Gasteiger partial charge in [0, 0.05) is 19.0 Å². The summed E-state index contributed by atoms with van der Waals surface area (Å²) in [5.41, 5.74) is 2.29. The Morgan fingerprint density at radius 3 is 2.90 bits per heavy atom. The molecule has 3 rings (SSSR count). The summed E-state index contributed by atoms with van der Waals surface area (Å²) in [6, 6.07) is 8.00. The van der Waals surface area contributed by atoms with Crippen molar-refractivity contribution in [3.8, 4) is 0 Å². The van der Waals surface area contributed by atoms with Crippen molar-refractivity contribution >= 4 is 27.9 Å². The van der Waals surface area contributed by atoms with Crippen molar-refractivity contribution in [1.29, 1.82) is 0 Å². The number of nitro groups is 1. The topological polar surface area (TPSA) is 63.7 Å². The lowest BCUT2D eigenvalue weighted by Crippen LogP contribution is -2.18. The van der Waals surface area contributed by atoms with E-state index in [-0.39, 0.29) is 10.7 Å². The summed E-state index contributed by atoms with van der Waals surface area (Å²) in [5, 5.41) is 13.1. The number of aryl methyl sites for hydroxylation is 1. The fourth-order valence-corrected chi connectivity index (χ4v) is 3.01. The molecular weight excluding hydrogens is 288 g/mol. The molecule has 0 saturated heterocycles. The fourth-order valence-electron chi connectivity index (χ4n) is 2.31. The Hall–Kier alpha value is -2.41. The molecule has 7 heteroatoms. The Balaban J connectivity index is 2.00. The van der Waals surface area contributed by atoms with Crippen molar-refractivity contribution in [2.45, 2.75) is 13.5 Å². The van der Waals surface area contributed by atoms with Gasteiger partial charge in [-0.3, -0.25) is 0 Å². The lowest BCUT2D eigenvalue weighted by molar-refractivity contribution is -0.389. The van der Waals surface area contributed by atoms with Crippen LogP contribution in [0.25, 0.3) is 4.96 Å². The zero-order valence-corrected chi connectivity index (χ0v) is 12.5. The second-order valence-electron chi connectivity index (χ2n) is 4.85. The summed E-state index contributed by atoms with van der Waals surface area (Å²) >= 11 is 1.39. The average molecular weight is 302 g/mol. The van der Waals surface area contributed by atoms with Gasteiger partial charge in [0.2, 0.25) is 5.82 Å². The van der Waals surface area contributed by atoms with Gasteiger partial charge < -0.3 is 15.0 Å². The maximum atomic E-state index is 11.3. The third kappa shape index (κ3) is 2.36. The molecule has 2 aromatic heterocycles. The number of anilines is 1. The minimum atomic E-state index is -0.379. The molecule has 2 heterocycles. The van der Waals surface area contributed by atoms with Crippen LogP contribution in [0.1, 0.15) is 11.1 Å². The minimum absolute atomic E-state index is 0.0161. The lowest BCUT2D eigenvalue weighted by atomic mass is 10.1. The van der Waals surface area contributed by atoms with Crippen LogP contribution in [-0.4, -0.2) is 21.4 Å². The SMILES string of the molecule is Cc1ccccc1CN(C)c1nc2sccn2c1[N+](=O)[O-]. The molecule has 0 unspecified atom stereocenters. The number of nitrogens with zero attached hydrogens (tertiary/aromatic N) is 4. The first kappa shape index (κ1) is 13.6. The Morgan fingerprint density at radius 1 is 1.43 bits per heavy atom. The largest absolute Gasteiger partial charge is 0.373 e. The third-order valence-corrected chi connectivity index (χ3v) is 4.18. The van der Waals surface area contributed by atoms with E-state index in [4.69, 9.17) is 0 Å². The molecule has 6 nitrogen and oxygen atoms in total. The molecule has 0 aliphatic carbocycles. The predicted octanol–water partition coefficient (Wildman–Crippen LogP) is 3.25. The number of aromatic nitrogens is 2. The van der Waals surface area contributed by atoms with E-state index < -0.39 is 0 Å². The molecule has 0 bridgehead atoms. The van der Waals surface area contributed by atoms with Crippen molar-refractivity contribution in [2.24, 2.45) is 0 Å². The molecule has 0 fully saturated rings. The van der Waals surface area contributed by atoms with Crippen LogP contribution in [0, 0.1) is 17.0 Å². The van der Waals surface area contributed by atoms with E-state index in [2.05, 4.69) is 4.98 Å². The molecule has 0 radical (unpaired) electrons. The van der Waals surface area contributed by atoms with Crippen LogP contribution >= 0.6 is 11.3 Å². The number of hydrogen-bond donors (Lipinski definition) is 0. The quantitative estimate of drug-likeness (QED) is 0.548. The Bertz CT molecular complexity index is 808. The van der Waals surface area contributed by atoms with E-state index in [1.54, 1.807) is 11.6 Å². The van der Waals surface area contributed by atoms with Gasteiger partial charge in [0.25, 0.3) is 4.96 Å². The summed E-state index contributed by atoms with van der Waals surface area (Å²) in [4.78, 5) is 17.8. The molecule has 21 heavy (non-hydrogen) atoms. The molecular formula is C14H14N4O2S. The molecule has 0 aliphatic rings. The molecule has 3 aromatic rings. The molecule has 108 valence electrons. The molecule has 0 amide bonds. The molecule has 0 atom stereocenters. The summed E-state index contributed by atoms with van der Waals surface area (Å²) in [6.07, 6.45) is 1.68. The van der Waals surface area contributed by atoms with Gasteiger partial charge in [-0.25, -0.2) is 0 Å². The number of hydrogen-bond acceptors (Lipinski definition) is 5. The maximum Gasteiger partial charge on any atom is 0.373 e. The van der Waals surface area contributed by atoms with Gasteiger partial charge in [-0.15, -0.1) is 0 Å². The molecule has 1 aromatic carbocycles. The predicted molar refractivity (Wildman–Crippen MR) is 83.0 cm³/mol. The summed E-state index contributed by atoms with van der Waals surface area (Å²) in [7, 11) is 1.83. The standard InChI is InChI=1S/C14H14N4O2S/c1-10-5-3-4-6-11(10)9-16(2)12-13(18(19)20)17-7-8-21-14(17)15-12/h3-8H,9H2,1-2H3. The molecule has 0 spiro atoms. The monoisotopic (exact) mass is 302 g/mol.